The van der Waals surface area contributed by atoms with Crippen molar-refractivity contribution in [1.29, 1.82) is 0 Å². The maximum absolute atomic E-state index is 13.2. The Labute approximate surface area is 166 Å². The van der Waals surface area contributed by atoms with Gasteiger partial charge in [0, 0.05) is 18.0 Å². The molecular formula is C20H21FN4O2S. The van der Waals surface area contributed by atoms with Crippen molar-refractivity contribution in [2.45, 2.75) is 32.4 Å². The first kappa shape index (κ1) is 18.8. The minimum absolute atomic E-state index is 0.0455. The summed E-state index contributed by atoms with van der Waals surface area (Å²) in [4.78, 5) is 20.4. The Morgan fingerprint density at radius 1 is 1.36 bits per heavy atom. The van der Waals surface area contributed by atoms with E-state index in [1.807, 2.05) is 17.5 Å². The second kappa shape index (κ2) is 8.20. The van der Waals surface area contributed by atoms with Crippen LogP contribution in [0.4, 0.5) is 4.39 Å². The third-order valence-corrected chi connectivity index (χ3v) is 5.55. The summed E-state index contributed by atoms with van der Waals surface area (Å²) in [6, 6.07) is 9.93. The van der Waals surface area contributed by atoms with Gasteiger partial charge >= 0.3 is 0 Å². The standard InChI is InChI=1S/C20H21FN4O2S/c1-14-22-19(23-25(14)16-8-6-15(21)7-9-16)20(26)24(12-17-4-2-10-27-17)13-18-5-3-11-28-18/h3,5-9,11,17H,2,4,10,12-13H2,1H3. The summed E-state index contributed by atoms with van der Waals surface area (Å²) in [6.07, 6.45) is 2.01. The first-order valence-corrected chi connectivity index (χ1v) is 10.1. The van der Waals surface area contributed by atoms with Crippen molar-refractivity contribution in [2.75, 3.05) is 13.2 Å². The molecule has 1 amide bonds. The Balaban J connectivity index is 1.58. The highest BCUT2D eigenvalue weighted by molar-refractivity contribution is 7.09. The van der Waals surface area contributed by atoms with Crippen LogP contribution in [0.2, 0.25) is 0 Å². The fourth-order valence-electron chi connectivity index (χ4n) is 3.29. The lowest BCUT2D eigenvalue weighted by atomic mass is 10.2. The summed E-state index contributed by atoms with van der Waals surface area (Å²) >= 11 is 1.61. The first-order chi connectivity index (χ1) is 13.6. The van der Waals surface area contributed by atoms with Crippen LogP contribution < -0.4 is 0 Å². The molecule has 0 N–H and O–H groups in total. The maximum Gasteiger partial charge on any atom is 0.293 e. The van der Waals surface area contributed by atoms with Crippen molar-refractivity contribution >= 4 is 17.2 Å². The predicted octanol–water partition coefficient (Wildman–Crippen LogP) is 3.60. The number of thiophene rings is 1. The van der Waals surface area contributed by atoms with Crippen LogP contribution >= 0.6 is 11.3 Å². The maximum atomic E-state index is 13.2. The Hall–Kier alpha value is -2.58. The number of halogens is 1. The summed E-state index contributed by atoms with van der Waals surface area (Å²) in [7, 11) is 0. The molecule has 1 fully saturated rings. The van der Waals surface area contributed by atoms with Gasteiger partial charge in [-0.3, -0.25) is 4.79 Å². The largest absolute Gasteiger partial charge is 0.376 e. The lowest BCUT2D eigenvalue weighted by molar-refractivity contribution is 0.0500. The van der Waals surface area contributed by atoms with Crippen molar-refractivity contribution in [3.8, 4) is 5.69 Å². The Kier molecular flexibility index (Phi) is 5.50. The fourth-order valence-corrected chi connectivity index (χ4v) is 4.01. The third-order valence-electron chi connectivity index (χ3n) is 4.69. The molecule has 1 aromatic carbocycles. The van der Waals surface area contributed by atoms with Crippen LogP contribution in [0.1, 0.15) is 34.2 Å². The topological polar surface area (TPSA) is 60.3 Å². The van der Waals surface area contributed by atoms with Crippen LogP contribution in [-0.2, 0) is 11.3 Å². The zero-order chi connectivity index (χ0) is 19.5. The lowest BCUT2D eigenvalue weighted by Crippen LogP contribution is -2.37. The number of benzene rings is 1. The molecule has 0 bridgehead atoms. The fraction of sp³-hybridized carbons (Fsp3) is 0.350. The van der Waals surface area contributed by atoms with Gasteiger partial charge in [0.05, 0.1) is 18.3 Å². The molecule has 6 nitrogen and oxygen atoms in total. The molecule has 28 heavy (non-hydrogen) atoms. The molecule has 0 saturated carbocycles. The van der Waals surface area contributed by atoms with Crippen molar-refractivity contribution in [3.63, 3.8) is 0 Å². The predicted molar refractivity (Wildman–Crippen MR) is 104 cm³/mol. The molecule has 1 atom stereocenters. The summed E-state index contributed by atoms with van der Waals surface area (Å²) < 4.78 is 20.5. The second-order valence-electron chi connectivity index (χ2n) is 6.77. The summed E-state index contributed by atoms with van der Waals surface area (Å²) in [5.74, 6) is 0.156. The van der Waals surface area contributed by atoms with E-state index in [1.165, 1.54) is 12.1 Å². The minimum atomic E-state index is -0.323. The third kappa shape index (κ3) is 4.13. The number of ether oxygens (including phenoxy) is 1. The van der Waals surface area contributed by atoms with Crippen LogP contribution in [0, 0.1) is 12.7 Å². The van der Waals surface area contributed by atoms with Gasteiger partial charge in [0.15, 0.2) is 0 Å². The molecule has 8 heteroatoms. The van der Waals surface area contributed by atoms with Crippen LogP contribution in [0.25, 0.3) is 5.69 Å². The Morgan fingerprint density at radius 2 is 2.18 bits per heavy atom. The lowest BCUT2D eigenvalue weighted by Gasteiger charge is -2.23. The Morgan fingerprint density at radius 3 is 2.86 bits per heavy atom. The zero-order valence-electron chi connectivity index (χ0n) is 15.5. The number of nitrogens with zero attached hydrogens (tertiary/aromatic N) is 4. The van der Waals surface area contributed by atoms with Crippen LogP contribution in [0.15, 0.2) is 41.8 Å². The average Bonchev–Trinajstić information content (AvgIpc) is 3.44. The van der Waals surface area contributed by atoms with E-state index in [0.717, 1.165) is 24.3 Å². The Bertz CT molecular complexity index is 934. The molecule has 0 spiro atoms. The van der Waals surface area contributed by atoms with E-state index >= 15 is 0 Å². The van der Waals surface area contributed by atoms with Gasteiger partial charge in [-0.1, -0.05) is 6.07 Å². The quantitative estimate of drug-likeness (QED) is 0.634. The molecule has 2 aromatic heterocycles. The van der Waals surface area contributed by atoms with Crippen molar-refractivity contribution in [2.24, 2.45) is 0 Å². The van der Waals surface area contributed by atoms with E-state index in [-0.39, 0.29) is 23.7 Å². The molecule has 1 saturated heterocycles. The SMILES string of the molecule is Cc1nc(C(=O)N(Cc2cccs2)CC2CCCO2)nn1-c1ccc(F)cc1. The van der Waals surface area contributed by atoms with Crippen molar-refractivity contribution < 1.29 is 13.9 Å². The van der Waals surface area contributed by atoms with E-state index in [4.69, 9.17) is 4.74 Å². The number of hydrogen-bond acceptors (Lipinski definition) is 5. The zero-order valence-corrected chi connectivity index (χ0v) is 16.4. The van der Waals surface area contributed by atoms with Gasteiger partial charge in [-0.25, -0.2) is 14.1 Å². The monoisotopic (exact) mass is 400 g/mol. The van der Waals surface area contributed by atoms with E-state index in [9.17, 15) is 9.18 Å². The van der Waals surface area contributed by atoms with Gasteiger partial charge < -0.3 is 9.64 Å². The number of rotatable bonds is 6. The molecular weight excluding hydrogens is 379 g/mol. The molecule has 1 aliphatic rings. The summed E-state index contributed by atoms with van der Waals surface area (Å²) in [5.41, 5.74) is 0.661. The highest BCUT2D eigenvalue weighted by Gasteiger charge is 2.27. The second-order valence-corrected chi connectivity index (χ2v) is 7.80. The number of hydrogen-bond donors (Lipinski definition) is 0. The van der Waals surface area contributed by atoms with Gasteiger partial charge in [-0.15, -0.1) is 16.4 Å². The summed E-state index contributed by atoms with van der Waals surface area (Å²) in [6.45, 7) is 3.53. The molecule has 146 valence electrons. The number of carbonyl (C=O) groups is 1. The van der Waals surface area contributed by atoms with E-state index in [1.54, 1.807) is 40.0 Å². The van der Waals surface area contributed by atoms with E-state index < -0.39 is 0 Å². The average molecular weight is 400 g/mol. The number of aryl methyl sites for hydroxylation is 1. The molecule has 1 aliphatic heterocycles. The number of amides is 1. The molecule has 0 aliphatic carbocycles. The first-order valence-electron chi connectivity index (χ1n) is 9.23. The molecule has 4 rings (SSSR count). The molecule has 0 radical (unpaired) electrons. The normalized spacial score (nSPS) is 16.4. The smallest absolute Gasteiger partial charge is 0.293 e. The van der Waals surface area contributed by atoms with Gasteiger partial charge in [0.25, 0.3) is 5.91 Å². The number of carbonyl (C=O) groups excluding carboxylic acids is 1. The molecule has 3 heterocycles. The van der Waals surface area contributed by atoms with Gasteiger partial charge in [0.2, 0.25) is 5.82 Å². The van der Waals surface area contributed by atoms with Crippen molar-refractivity contribution in [3.05, 3.63) is 64.1 Å². The van der Waals surface area contributed by atoms with E-state index in [2.05, 4.69) is 10.1 Å². The highest BCUT2D eigenvalue weighted by Crippen LogP contribution is 2.19. The molecule has 3 aromatic rings. The van der Waals surface area contributed by atoms with Crippen LogP contribution in [-0.4, -0.2) is 44.8 Å². The summed E-state index contributed by atoms with van der Waals surface area (Å²) in [5, 5.41) is 6.38. The minimum Gasteiger partial charge on any atom is -0.376 e. The van der Waals surface area contributed by atoms with Gasteiger partial charge in [-0.2, -0.15) is 0 Å². The molecule has 1 unspecified atom stereocenters. The van der Waals surface area contributed by atoms with E-state index in [0.29, 0.717) is 24.6 Å². The van der Waals surface area contributed by atoms with Gasteiger partial charge in [-0.05, 0) is 55.5 Å². The van der Waals surface area contributed by atoms with Crippen LogP contribution in [0.5, 0.6) is 0 Å². The van der Waals surface area contributed by atoms with Gasteiger partial charge in [0.1, 0.15) is 11.6 Å². The number of aromatic nitrogens is 3. The van der Waals surface area contributed by atoms with Crippen LogP contribution in [0.3, 0.4) is 0 Å². The van der Waals surface area contributed by atoms with Crippen molar-refractivity contribution in [1.82, 2.24) is 19.7 Å². The highest BCUT2D eigenvalue weighted by atomic mass is 32.1.